The van der Waals surface area contributed by atoms with E-state index in [4.69, 9.17) is 0 Å². The van der Waals surface area contributed by atoms with Gasteiger partial charge in [-0.15, -0.1) is 0 Å². The fourth-order valence-electron chi connectivity index (χ4n) is 4.69. The molecular weight excluding hydrogens is 380 g/mol. The molecule has 3 fully saturated rings. The summed E-state index contributed by atoms with van der Waals surface area (Å²) in [5.41, 5.74) is 0.581. The van der Waals surface area contributed by atoms with Gasteiger partial charge in [0, 0.05) is 50.8 Å². The van der Waals surface area contributed by atoms with Crippen molar-refractivity contribution in [3.8, 4) is 5.82 Å². The third-order valence-electron chi connectivity index (χ3n) is 6.84. The monoisotopic (exact) mass is 409 g/mol. The molecule has 1 saturated carbocycles. The van der Waals surface area contributed by atoms with Crippen molar-refractivity contribution < 1.29 is 14.5 Å². The number of nitrogens with zero attached hydrogens (tertiary/aromatic N) is 5. The van der Waals surface area contributed by atoms with Crippen LogP contribution < -0.4 is 4.90 Å². The second kappa shape index (κ2) is 8.28. The summed E-state index contributed by atoms with van der Waals surface area (Å²) < 4.78 is 1.66. The van der Waals surface area contributed by atoms with Crippen LogP contribution in [-0.2, 0) is 4.79 Å². The third kappa shape index (κ3) is 3.77. The van der Waals surface area contributed by atoms with Crippen molar-refractivity contribution in [2.75, 3.05) is 39.3 Å². The number of hydrogen-bond acceptors (Lipinski definition) is 5. The van der Waals surface area contributed by atoms with Gasteiger partial charge in [-0.2, -0.15) is 5.10 Å². The molecule has 2 saturated heterocycles. The number of amides is 2. The van der Waals surface area contributed by atoms with Crippen LogP contribution in [0, 0.1) is 5.92 Å². The zero-order valence-corrected chi connectivity index (χ0v) is 17.2. The highest BCUT2D eigenvalue weighted by Crippen LogP contribution is 2.25. The number of carbonyl (C=O) groups excluding carboxylic acids is 2. The second-order valence-corrected chi connectivity index (χ2v) is 8.69. The first kappa shape index (κ1) is 19.4. The van der Waals surface area contributed by atoms with Crippen molar-refractivity contribution in [3.63, 3.8) is 0 Å². The molecule has 2 aliphatic heterocycles. The van der Waals surface area contributed by atoms with Gasteiger partial charge >= 0.3 is 5.91 Å². The minimum Gasteiger partial charge on any atom is -0.341 e. The summed E-state index contributed by atoms with van der Waals surface area (Å²) in [6.07, 6.45) is 10.1. The molecule has 1 aliphatic carbocycles. The Morgan fingerprint density at radius 2 is 1.90 bits per heavy atom. The molecular formula is C22H29N6O2+. The van der Waals surface area contributed by atoms with Gasteiger partial charge in [0.1, 0.15) is 19.0 Å². The van der Waals surface area contributed by atoms with Crippen LogP contribution >= 0.6 is 0 Å². The lowest BCUT2D eigenvalue weighted by atomic mass is 9.91. The summed E-state index contributed by atoms with van der Waals surface area (Å²) in [5.74, 6) is 0.899. The molecule has 158 valence electrons. The zero-order valence-electron chi connectivity index (χ0n) is 17.2. The number of nitrogens with one attached hydrogen (secondary N) is 1. The van der Waals surface area contributed by atoms with E-state index in [1.807, 2.05) is 17.2 Å². The van der Waals surface area contributed by atoms with Crippen molar-refractivity contribution in [2.24, 2.45) is 5.92 Å². The van der Waals surface area contributed by atoms with Crippen LogP contribution in [0.1, 0.15) is 36.0 Å². The molecule has 2 amide bonds. The Kier molecular flexibility index (Phi) is 5.35. The van der Waals surface area contributed by atoms with Crippen LogP contribution in [0.4, 0.5) is 0 Å². The largest absolute Gasteiger partial charge is 0.345 e. The van der Waals surface area contributed by atoms with Gasteiger partial charge in [0.2, 0.25) is 5.91 Å². The number of aromatic nitrogens is 3. The van der Waals surface area contributed by atoms with Crippen LogP contribution in [0.15, 0.2) is 36.8 Å². The van der Waals surface area contributed by atoms with Gasteiger partial charge in [-0.25, -0.2) is 14.5 Å². The molecule has 0 radical (unpaired) electrons. The lowest BCUT2D eigenvalue weighted by Gasteiger charge is -2.37. The molecule has 5 rings (SSSR count). The van der Waals surface area contributed by atoms with Crippen molar-refractivity contribution in [1.82, 2.24) is 24.6 Å². The number of pyridine rings is 1. The molecule has 0 bridgehead atoms. The van der Waals surface area contributed by atoms with Crippen LogP contribution in [0.25, 0.3) is 5.82 Å². The third-order valence-corrected chi connectivity index (χ3v) is 6.84. The van der Waals surface area contributed by atoms with Gasteiger partial charge in [0.15, 0.2) is 5.82 Å². The summed E-state index contributed by atoms with van der Waals surface area (Å²) in [7, 11) is 0. The first-order chi connectivity index (χ1) is 14.7. The van der Waals surface area contributed by atoms with E-state index < -0.39 is 0 Å². The zero-order chi connectivity index (χ0) is 20.5. The molecule has 0 unspecified atom stereocenters. The molecule has 2 aromatic heterocycles. The maximum atomic E-state index is 12.9. The Labute approximate surface area is 176 Å². The summed E-state index contributed by atoms with van der Waals surface area (Å²) in [4.78, 5) is 35.5. The van der Waals surface area contributed by atoms with E-state index in [-0.39, 0.29) is 17.7 Å². The summed E-state index contributed by atoms with van der Waals surface area (Å²) in [5, 5.41) is 4.15. The average molecular weight is 410 g/mol. The molecule has 0 spiro atoms. The van der Waals surface area contributed by atoms with Gasteiger partial charge in [0.25, 0.3) is 0 Å². The van der Waals surface area contributed by atoms with Crippen molar-refractivity contribution in [3.05, 3.63) is 42.4 Å². The molecule has 0 aromatic carbocycles. The summed E-state index contributed by atoms with van der Waals surface area (Å²) >= 11 is 0. The van der Waals surface area contributed by atoms with Gasteiger partial charge in [-0.05, 0) is 37.5 Å². The number of hydrogen-bond donors (Lipinski definition) is 1. The molecule has 3 aliphatic rings. The quantitative estimate of drug-likeness (QED) is 0.770. The maximum Gasteiger partial charge on any atom is 0.345 e. The van der Waals surface area contributed by atoms with E-state index in [9.17, 15) is 9.59 Å². The van der Waals surface area contributed by atoms with E-state index in [0.717, 1.165) is 43.5 Å². The van der Waals surface area contributed by atoms with Crippen LogP contribution in [-0.4, -0.2) is 81.7 Å². The van der Waals surface area contributed by atoms with Crippen LogP contribution in [0.5, 0.6) is 0 Å². The normalized spacial score (nSPS) is 25.3. The van der Waals surface area contributed by atoms with E-state index >= 15 is 0 Å². The highest BCUT2D eigenvalue weighted by Gasteiger charge is 2.44. The fraction of sp³-hybridized carbons (Fsp3) is 0.545. The summed E-state index contributed by atoms with van der Waals surface area (Å²) in [6, 6.07) is 6.16. The predicted molar refractivity (Wildman–Crippen MR) is 110 cm³/mol. The lowest BCUT2D eigenvalue weighted by Crippen LogP contribution is -3.22. The Hall–Kier alpha value is -2.58. The molecule has 0 atom stereocenters. The Morgan fingerprint density at radius 3 is 2.57 bits per heavy atom. The molecule has 8 heteroatoms. The molecule has 4 heterocycles. The molecule has 2 aromatic rings. The second-order valence-electron chi connectivity index (χ2n) is 8.69. The van der Waals surface area contributed by atoms with Gasteiger partial charge in [-0.1, -0.05) is 6.42 Å². The molecule has 1 N–H and O–H groups in total. The van der Waals surface area contributed by atoms with Crippen molar-refractivity contribution in [2.45, 2.75) is 31.7 Å². The van der Waals surface area contributed by atoms with E-state index in [1.165, 1.54) is 19.3 Å². The Morgan fingerprint density at radius 1 is 1.03 bits per heavy atom. The van der Waals surface area contributed by atoms with Gasteiger partial charge < -0.3 is 4.90 Å². The maximum absolute atomic E-state index is 12.9. The average Bonchev–Trinajstić information content (AvgIpc) is 3.12. The lowest BCUT2D eigenvalue weighted by molar-refractivity contribution is -0.866. The summed E-state index contributed by atoms with van der Waals surface area (Å²) in [6.45, 7) is 4.95. The van der Waals surface area contributed by atoms with Crippen LogP contribution in [0.2, 0.25) is 0 Å². The van der Waals surface area contributed by atoms with E-state index in [2.05, 4.69) is 15.0 Å². The minimum atomic E-state index is -0.0319. The first-order valence-corrected chi connectivity index (χ1v) is 11.1. The highest BCUT2D eigenvalue weighted by atomic mass is 16.2. The first-order valence-electron chi connectivity index (χ1n) is 11.1. The predicted octanol–water partition coefficient (Wildman–Crippen LogP) is 0.00900. The number of quaternary nitrogens is 1. The topological polar surface area (TPSA) is 75.8 Å². The molecule has 8 nitrogen and oxygen atoms in total. The smallest absolute Gasteiger partial charge is 0.341 e. The van der Waals surface area contributed by atoms with Crippen molar-refractivity contribution in [1.29, 1.82) is 0 Å². The van der Waals surface area contributed by atoms with Crippen molar-refractivity contribution >= 4 is 11.8 Å². The molecule has 30 heavy (non-hydrogen) atoms. The number of likely N-dealkylation sites (tertiary alicyclic amines) is 1. The standard InChI is InChI=1S/C22H28N6O2/c29-21(17-6-7-20(23-14-17)28-11-2-8-24-28)27-15-18(16-27)22(30)26-10-3-9-25(12-13-26)19-4-1-5-19/h2,6-8,11,14,18-19H,1,3-5,9-10,12-13,15-16H2/p+1. The number of carbonyl (C=O) groups is 2. The van der Waals surface area contributed by atoms with Gasteiger partial charge in [0.05, 0.1) is 5.56 Å². The Bertz CT molecular complexity index is 887. The highest BCUT2D eigenvalue weighted by molar-refractivity contribution is 5.88. The SMILES string of the molecule is O=C(C1C[NH+](C(=O)c2ccc(-n3cccn3)nc2)C1)N1CCCN(C2CCC2)CC1. The van der Waals surface area contributed by atoms with Gasteiger partial charge in [-0.3, -0.25) is 14.6 Å². The minimum absolute atomic E-state index is 0.0191. The van der Waals surface area contributed by atoms with E-state index in [0.29, 0.717) is 24.5 Å². The van der Waals surface area contributed by atoms with Crippen LogP contribution in [0.3, 0.4) is 0 Å². The van der Waals surface area contributed by atoms with E-state index in [1.54, 1.807) is 29.2 Å². The number of rotatable bonds is 4. The Balaban J connectivity index is 1.13. The fourth-order valence-corrected chi connectivity index (χ4v) is 4.69.